The number of benzene rings is 2. The van der Waals surface area contributed by atoms with Crippen molar-refractivity contribution in [3.63, 3.8) is 0 Å². The summed E-state index contributed by atoms with van der Waals surface area (Å²) in [7, 11) is 1.58. The molecule has 0 aromatic heterocycles. The molecule has 156 valence electrons. The summed E-state index contributed by atoms with van der Waals surface area (Å²) in [5, 5.41) is 5.61. The highest BCUT2D eigenvalue weighted by molar-refractivity contribution is 6.06. The standard InChI is InChI=1S/C23H30N2O4/c1-3-4-5-8-16-29-21-10-7-6-9-20(21)23(27)25-19-13-11-18(12-14-19)22(26)24-15-17-28-2/h6-7,9-14H,3-5,8,15-17H2,1-2H3,(H,24,26)(H,25,27). The summed E-state index contributed by atoms with van der Waals surface area (Å²) in [5.74, 6) is 0.156. The van der Waals surface area contributed by atoms with Crippen LogP contribution in [-0.4, -0.2) is 38.7 Å². The fourth-order valence-electron chi connectivity index (χ4n) is 2.76. The minimum atomic E-state index is -0.244. The summed E-state index contributed by atoms with van der Waals surface area (Å²) in [6.45, 7) is 3.67. The molecule has 6 heteroatoms. The molecule has 29 heavy (non-hydrogen) atoms. The van der Waals surface area contributed by atoms with E-state index in [0.717, 1.165) is 12.8 Å². The maximum absolute atomic E-state index is 12.7. The van der Waals surface area contributed by atoms with Crippen LogP contribution in [0, 0.1) is 0 Å². The maximum Gasteiger partial charge on any atom is 0.259 e. The van der Waals surface area contributed by atoms with Crippen molar-refractivity contribution < 1.29 is 19.1 Å². The Bertz CT molecular complexity index is 775. The highest BCUT2D eigenvalue weighted by Crippen LogP contribution is 2.20. The van der Waals surface area contributed by atoms with E-state index in [1.54, 1.807) is 37.4 Å². The number of nitrogens with one attached hydrogen (secondary N) is 2. The van der Waals surface area contributed by atoms with E-state index in [9.17, 15) is 9.59 Å². The molecule has 2 aromatic rings. The van der Waals surface area contributed by atoms with E-state index >= 15 is 0 Å². The highest BCUT2D eigenvalue weighted by atomic mass is 16.5. The van der Waals surface area contributed by atoms with Crippen LogP contribution in [0.4, 0.5) is 5.69 Å². The summed E-state index contributed by atoms with van der Waals surface area (Å²) in [5.41, 5.74) is 1.63. The van der Waals surface area contributed by atoms with E-state index in [2.05, 4.69) is 17.6 Å². The lowest BCUT2D eigenvalue weighted by Crippen LogP contribution is -2.26. The molecule has 0 radical (unpaired) electrons. The van der Waals surface area contributed by atoms with Crippen LogP contribution in [0.1, 0.15) is 53.3 Å². The molecule has 2 N–H and O–H groups in total. The molecule has 2 aromatic carbocycles. The van der Waals surface area contributed by atoms with Gasteiger partial charge in [0.05, 0.1) is 18.8 Å². The monoisotopic (exact) mass is 398 g/mol. The Morgan fingerprint density at radius 3 is 2.38 bits per heavy atom. The Labute approximate surface area is 172 Å². The Morgan fingerprint density at radius 1 is 0.897 bits per heavy atom. The molecule has 2 rings (SSSR count). The van der Waals surface area contributed by atoms with Crippen molar-refractivity contribution in [2.75, 3.05) is 32.2 Å². The van der Waals surface area contributed by atoms with Gasteiger partial charge in [-0.2, -0.15) is 0 Å². The number of ether oxygens (including phenoxy) is 2. The summed E-state index contributed by atoms with van der Waals surface area (Å²) in [6, 6.07) is 14.0. The minimum absolute atomic E-state index is 0.179. The Morgan fingerprint density at radius 2 is 1.66 bits per heavy atom. The van der Waals surface area contributed by atoms with Crippen LogP contribution in [0.2, 0.25) is 0 Å². The van der Waals surface area contributed by atoms with Crippen molar-refractivity contribution in [3.05, 3.63) is 59.7 Å². The van der Waals surface area contributed by atoms with Crippen molar-refractivity contribution in [2.45, 2.75) is 32.6 Å². The predicted octanol–water partition coefficient (Wildman–Crippen LogP) is 4.27. The third-order valence-electron chi connectivity index (χ3n) is 4.38. The van der Waals surface area contributed by atoms with Crippen molar-refractivity contribution in [1.82, 2.24) is 5.32 Å². The Kier molecular flexibility index (Phi) is 9.72. The summed E-state index contributed by atoms with van der Waals surface area (Å²) >= 11 is 0. The van der Waals surface area contributed by atoms with Crippen LogP contribution < -0.4 is 15.4 Å². The third kappa shape index (κ3) is 7.58. The number of amides is 2. The van der Waals surface area contributed by atoms with Crippen LogP contribution in [0.15, 0.2) is 48.5 Å². The van der Waals surface area contributed by atoms with E-state index in [1.165, 1.54) is 12.8 Å². The molecule has 0 heterocycles. The lowest BCUT2D eigenvalue weighted by Gasteiger charge is -2.12. The molecule has 0 saturated carbocycles. The van der Waals surface area contributed by atoms with Crippen molar-refractivity contribution in [2.24, 2.45) is 0 Å². The zero-order chi connectivity index (χ0) is 20.9. The van der Waals surface area contributed by atoms with E-state index in [-0.39, 0.29) is 11.8 Å². The molecule has 0 atom stereocenters. The highest BCUT2D eigenvalue weighted by Gasteiger charge is 2.13. The maximum atomic E-state index is 12.7. The van der Waals surface area contributed by atoms with Crippen LogP contribution in [0.25, 0.3) is 0 Å². The number of hydrogen-bond donors (Lipinski definition) is 2. The summed E-state index contributed by atoms with van der Waals surface area (Å²) in [4.78, 5) is 24.7. The van der Waals surface area contributed by atoms with Gasteiger partial charge in [-0.1, -0.05) is 38.3 Å². The van der Waals surface area contributed by atoms with Crippen LogP contribution in [-0.2, 0) is 4.74 Å². The SMILES string of the molecule is CCCCCCOc1ccccc1C(=O)Nc1ccc(C(=O)NCCOC)cc1. The van der Waals surface area contributed by atoms with Gasteiger partial charge in [-0.15, -0.1) is 0 Å². The second-order valence-corrected chi connectivity index (χ2v) is 6.69. The largest absolute Gasteiger partial charge is 0.493 e. The molecule has 0 aliphatic heterocycles. The van der Waals surface area contributed by atoms with Gasteiger partial charge in [0.15, 0.2) is 0 Å². The van der Waals surface area contributed by atoms with Crippen LogP contribution >= 0.6 is 0 Å². The first-order chi connectivity index (χ1) is 14.2. The molecule has 2 amide bonds. The van der Waals surface area contributed by atoms with Gasteiger partial charge in [-0.25, -0.2) is 0 Å². The zero-order valence-corrected chi connectivity index (χ0v) is 17.2. The van der Waals surface area contributed by atoms with Gasteiger partial charge in [0.2, 0.25) is 0 Å². The van der Waals surface area contributed by atoms with Gasteiger partial charge in [-0.3, -0.25) is 9.59 Å². The molecular weight excluding hydrogens is 368 g/mol. The van der Waals surface area contributed by atoms with Gasteiger partial charge in [0.1, 0.15) is 5.75 Å². The topological polar surface area (TPSA) is 76.7 Å². The van der Waals surface area contributed by atoms with Gasteiger partial charge in [0, 0.05) is 24.9 Å². The number of unbranched alkanes of at least 4 members (excludes halogenated alkanes) is 3. The van der Waals surface area contributed by atoms with E-state index in [0.29, 0.717) is 42.3 Å². The molecule has 0 spiro atoms. The fourth-order valence-corrected chi connectivity index (χ4v) is 2.76. The van der Waals surface area contributed by atoms with Crippen LogP contribution in [0.5, 0.6) is 5.75 Å². The minimum Gasteiger partial charge on any atom is -0.493 e. The van der Waals surface area contributed by atoms with Crippen molar-refractivity contribution in [1.29, 1.82) is 0 Å². The molecule has 0 bridgehead atoms. The lowest BCUT2D eigenvalue weighted by atomic mass is 10.1. The zero-order valence-electron chi connectivity index (χ0n) is 17.2. The summed E-state index contributed by atoms with van der Waals surface area (Å²) < 4.78 is 10.7. The predicted molar refractivity (Wildman–Crippen MR) is 115 cm³/mol. The average molecular weight is 399 g/mol. The number of carbonyl (C=O) groups is 2. The van der Waals surface area contributed by atoms with Crippen LogP contribution in [0.3, 0.4) is 0 Å². The number of carbonyl (C=O) groups excluding carboxylic acids is 2. The van der Waals surface area contributed by atoms with Crippen molar-refractivity contribution in [3.8, 4) is 5.75 Å². The average Bonchev–Trinajstić information content (AvgIpc) is 2.74. The first-order valence-electron chi connectivity index (χ1n) is 10.1. The molecule has 0 aliphatic rings. The number of hydrogen-bond acceptors (Lipinski definition) is 4. The molecule has 0 saturated heterocycles. The number of rotatable bonds is 12. The van der Waals surface area contributed by atoms with Gasteiger partial charge >= 0.3 is 0 Å². The van der Waals surface area contributed by atoms with Gasteiger partial charge in [-0.05, 0) is 42.8 Å². The smallest absolute Gasteiger partial charge is 0.259 e. The molecule has 0 fully saturated rings. The third-order valence-corrected chi connectivity index (χ3v) is 4.38. The molecule has 6 nitrogen and oxygen atoms in total. The first kappa shape index (κ1) is 22.4. The molecular formula is C23H30N2O4. The molecule has 0 aliphatic carbocycles. The van der Waals surface area contributed by atoms with E-state index < -0.39 is 0 Å². The lowest BCUT2D eigenvalue weighted by molar-refractivity contribution is 0.0936. The molecule has 0 unspecified atom stereocenters. The Hall–Kier alpha value is -2.86. The van der Waals surface area contributed by atoms with E-state index in [1.807, 2.05) is 18.2 Å². The van der Waals surface area contributed by atoms with E-state index in [4.69, 9.17) is 9.47 Å². The number of para-hydroxylation sites is 1. The Balaban J connectivity index is 1.93. The normalized spacial score (nSPS) is 10.4. The number of methoxy groups -OCH3 is 1. The van der Waals surface area contributed by atoms with Crippen molar-refractivity contribution >= 4 is 17.5 Å². The first-order valence-corrected chi connectivity index (χ1v) is 10.1. The fraction of sp³-hybridized carbons (Fsp3) is 0.391. The van der Waals surface area contributed by atoms with Gasteiger partial charge in [0.25, 0.3) is 11.8 Å². The number of anilines is 1. The second-order valence-electron chi connectivity index (χ2n) is 6.69. The quantitative estimate of drug-likeness (QED) is 0.524. The summed E-state index contributed by atoms with van der Waals surface area (Å²) in [6.07, 6.45) is 4.45. The van der Waals surface area contributed by atoms with Gasteiger partial charge < -0.3 is 20.1 Å². The second kappa shape index (κ2) is 12.6.